The first-order valence-corrected chi connectivity index (χ1v) is 8.36. The topological polar surface area (TPSA) is 97.1 Å². The smallest absolute Gasteiger partial charge is 0.257 e. The summed E-state index contributed by atoms with van der Waals surface area (Å²) in [6.07, 6.45) is 2.08. The molecule has 1 aliphatic heterocycles. The van der Waals surface area contributed by atoms with Crippen LogP contribution in [0, 0.1) is 6.92 Å². The Morgan fingerprint density at radius 2 is 2.25 bits per heavy atom. The number of carbonyl (C=O) groups excluding carboxylic acids is 1. The van der Waals surface area contributed by atoms with Gasteiger partial charge in [-0.15, -0.1) is 0 Å². The SMILES string of the molecule is Cc1cc(CC(=O)N2C[C@@H](C)O[C@@H](c3nc(C4CC4)no3)C2)n[nH]1. The Morgan fingerprint density at radius 3 is 2.96 bits per heavy atom. The van der Waals surface area contributed by atoms with Gasteiger partial charge in [0.1, 0.15) is 0 Å². The van der Waals surface area contributed by atoms with Crippen LogP contribution < -0.4 is 0 Å². The van der Waals surface area contributed by atoms with Crippen molar-refractivity contribution in [2.24, 2.45) is 0 Å². The molecule has 0 bridgehead atoms. The van der Waals surface area contributed by atoms with Crippen LogP contribution in [0.1, 0.15) is 54.9 Å². The van der Waals surface area contributed by atoms with Gasteiger partial charge in [-0.1, -0.05) is 5.16 Å². The summed E-state index contributed by atoms with van der Waals surface area (Å²) in [4.78, 5) is 18.8. The molecule has 2 aliphatic rings. The largest absolute Gasteiger partial charge is 0.362 e. The van der Waals surface area contributed by atoms with Crippen molar-refractivity contribution >= 4 is 5.91 Å². The molecule has 0 aromatic carbocycles. The molecule has 1 saturated carbocycles. The Balaban J connectivity index is 1.44. The minimum Gasteiger partial charge on any atom is -0.362 e. The number of nitrogens with zero attached hydrogens (tertiary/aromatic N) is 4. The molecule has 0 radical (unpaired) electrons. The lowest BCUT2D eigenvalue weighted by molar-refractivity contribution is -0.146. The standard InChI is InChI=1S/C16H21N5O3/c1-9-5-12(19-18-9)6-14(22)21-7-10(2)23-13(8-21)16-17-15(20-24-16)11-3-4-11/h5,10-11,13H,3-4,6-8H2,1-2H3,(H,18,19)/t10-,13-/m1/s1. The van der Waals surface area contributed by atoms with E-state index >= 15 is 0 Å². The highest BCUT2D eigenvalue weighted by atomic mass is 16.5. The fraction of sp³-hybridized carbons (Fsp3) is 0.625. The maximum Gasteiger partial charge on any atom is 0.257 e. The number of H-pyrrole nitrogens is 1. The molecular formula is C16H21N5O3. The van der Waals surface area contributed by atoms with E-state index < -0.39 is 0 Å². The van der Waals surface area contributed by atoms with Crippen LogP contribution >= 0.6 is 0 Å². The Labute approximate surface area is 139 Å². The third-order valence-electron chi connectivity index (χ3n) is 4.38. The molecule has 1 amide bonds. The normalized spacial score (nSPS) is 24.3. The number of aromatic nitrogens is 4. The van der Waals surface area contributed by atoms with Gasteiger partial charge < -0.3 is 14.2 Å². The van der Waals surface area contributed by atoms with Crippen molar-refractivity contribution in [3.05, 3.63) is 29.2 Å². The van der Waals surface area contributed by atoms with E-state index in [0.717, 1.165) is 30.1 Å². The van der Waals surface area contributed by atoms with Crippen LogP contribution in [0.25, 0.3) is 0 Å². The molecule has 2 aromatic heterocycles. The second-order valence-corrected chi connectivity index (χ2v) is 6.72. The molecule has 24 heavy (non-hydrogen) atoms. The highest BCUT2D eigenvalue weighted by molar-refractivity contribution is 5.78. The molecule has 2 aromatic rings. The highest BCUT2D eigenvalue weighted by Crippen LogP contribution is 2.38. The molecule has 3 heterocycles. The van der Waals surface area contributed by atoms with E-state index in [1.807, 2.05) is 19.9 Å². The van der Waals surface area contributed by atoms with Gasteiger partial charge in [-0.3, -0.25) is 9.89 Å². The van der Waals surface area contributed by atoms with E-state index in [1.165, 1.54) is 0 Å². The maximum absolute atomic E-state index is 12.6. The molecule has 8 heteroatoms. The number of hydrogen-bond acceptors (Lipinski definition) is 6. The van der Waals surface area contributed by atoms with E-state index in [2.05, 4.69) is 20.3 Å². The van der Waals surface area contributed by atoms with Crippen LogP contribution in [0.3, 0.4) is 0 Å². The van der Waals surface area contributed by atoms with E-state index in [1.54, 1.807) is 4.90 Å². The summed E-state index contributed by atoms with van der Waals surface area (Å²) in [7, 11) is 0. The molecular weight excluding hydrogens is 310 g/mol. The van der Waals surface area contributed by atoms with Crippen LogP contribution in [-0.2, 0) is 16.0 Å². The average molecular weight is 331 g/mol. The number of rotatable bonds is 4. The quantitative estimate of drug-likeness (QED) is 0.912. The minimum atomic E-state index is -0.362. The molecule has 8 nitrogen and oxygen atoms in total. The second kappa shape index (κ2) is 6.01. The van der Waals surface area contributed by atoms with Gasteiger partial charge in [-0.05, 0) is 32.8 Å². The number of aryl methyl sites for hydroxylation is 1. The fourth-order valence-electron chi connectivity index (χ4n) is 3.01. The monoisotopic (exact) mass is 331 g/mol. The molecule has 128 valence electrons. The highest BCUT2D eigenvalue weighted by Gasteiger charge is 2.35. The third kappa shape index (κ3) is 3.19. The van der Waals surface area contributed by atoms with Crippen LogP contribution in [0.2, 0.25) is 0 Å². The van der Waals surface area contributed by atoms with E-state index in [9.17, 15) is 4.79 Å². The Bertz CT molecular complexity index is 736. The van der Waals surface area contributed by atoms with Crippen LogP contribution in [0.4, 0.5) is 0 Å². The van der Waals surface area contributed by atoms with Crippen LogP contribution in [-0.4, -0.2) is 50.3 Å². The molecule has 1 saturated heterocycles. The second-order valence-electron chi connectivity index (χ2n) is 6.72. The Hall–Kier alpha value is -2.22. The van der Waals surface area contributed by atoms with Gasteiger partial charge in [0.15, 0.2) is 11.9 Å². The molecule has 2 fully saturated rings. The summed E-state index contributed by atoms with van der Waals surface area (Å²) in [6.45, 7) is 4.85. The van der Waals surface area contributed by atoms with Crippen molar-refractivity contribution in [3.8, 4) is 0 Å². The number of carbonyl (C=O) groups is 1. The van der Waals surface area contributed by atoms with Crippen LogP contribution in [0.15, 0.2) is 10.6 Å². The number of hydrogen-bond donors (Lipinski definition) is 1. The summed E-state index contributed by atoms with van der Waals surface area (Å²) in [5, 5.41) is 11.0. The summed E-state index contributed by atoms with van der Waals surface area (Å²) >= 11 is 0. The number of ether oxygens (including phenoxy) is 1. The molecule has 0 spiro atoms. The van der Waals surface area contributed by atoms with Gasteiger partial charge in [0.25, 0.3) is 5.89 Å². The third-order valence-corrected chi connectivity index (χ3v) is 4.38. The lowest BCUT2D eigenvalue weighted by atomic mass is 10.2. The van der Waals surface area contributed by atoms with Crippen molar-refractivity contribution in [1.82, 2.24) is 25.2 Å². The lowest BCUT2D eigenvalue weighted by Gasteiger charge is -2.35. The van der Waals surface area contributed by atoms with Crippen molar-refractivity contribution in [3.63, 3.8) is 0 Å². The molecule has 4 rings (SSSR count). The molecule has 1 aliphatic carbocycles. The van der Waals surface area contributed by atoms with Crippen molar-refractivity contribution < 1.29 is 14.1 Å². The first-order chi connectivity index (χ1) is 11.6. The number of morpholine rings is 1. The van der Waals surface area contributed by atoms with Crippen LogP contribution in [0.5, 0.6) is 0 Å². The van der Waals surface area contributed by atoms with Gasteiger partial charge in [0.05, 0.1) is 24.8 Å². The molecule has 1 N–H and O–H groups in total. The minimum absolute atomic E-state index is 0.0311. The van der Waals surface area contributed by atoms with Gasteiger partial charge in [0.2, 0.25) is 5.91 Å². The summed E-state index contributed by atoms with van der Waals surface area (Å²) in [5.41, 5.74) is 1.70. The van der Waals surface area contributed by atoms with Crippen molar-refractivity contribution in [2.75, 3.05) is 13.1 Å². The summed E-state index contributed by atoms with van der Waals surface area (Å²) in [5.74, 6) is 1.70. The van der Waals surface area contributed by atoms with Gasteiger partial charge >= 0.3 is 0 Å². The molecule has 2 atom stereocenters. The summed E-state index contributed by atoms with van der Waals surface area (Å²) in [6, 6.07) is 1.89. The number of aromatic amines is 1. The number of amides is 1. The van der Waals surface area contributed by atoms with E-state index in [4.69, 9.17) is 9.26 Å². The Kier molecular flexibility index (Phi) is 3.84. The van der Waals surface area contributed by atoms with E-state index in [0.29, 0.717) is 24.9 Å². The van der Waals surface area contributed by atoms with Crippen molar-refractivity contribution in [1.29, 1.82) is 0 Å². The first kappa shape index (κ1) is 15.3. The first-order valence-electron chi connectivity index (χ1n) is 8.36. The summed E-state index contributed by atoms with van der Waals surface area (Å²) < 4.78 is 11.3. The predicted octanol–water partition coefficient (Wildman–Crippen LogP) is 1.51. The number of nitrogens with one attached hydrogen (secondary N) is 1. The molecule has 0 unspecified atom stereocenters. The lowest BCUT2D eigenvalue weighted by Crippen LogP contribution is -2.46. The van der Waals surface area contributed by atoms with Gasteiger partial charge in [0, 0.05) is 18.2 Å². The zero-order valence-corrected chi connectivity index (χ0v) is 13.9. The fourth-order valence-corrected chi connectivity index (χ4v) is 3.01. The van der Waals surface area contributed by atoms with Crippen molar-refractivity contribution in [2.45, 2.75) is 51.2 Å². The average Bonchev–Trinajstić information content (AvgIpc) is 3.14. The zero-order valence-electron chi connectivity index (χ0n) is 13.9. The predicted molar refractivity (Wildman–Crippen MR) is 83.2 cm³/mol. The Morgan fingerprint density at radius 1 is 1.42 bits per heavy atom. The zero-order chi connectivity index (χ0) is 16.7. The van der Waals surface area contributed by atoms with Gasteiger partial charge in [-0.25, -0.2) is 0 Å². The van der Waals surface area contributed by atoms with Gasteiger partial charge in [-0.2, -0.15) is 10.1 Å². The van der Waals surface area contributed by atoms with E-state index in [-0.39, 0.29) is 24.5 Å². The maximum atomic E-state index is 12.6.